The number of carbonyl (C=O) groups excluding carboxylic acids is 1. The standard InChI is InChI=1S/C10H16F2O/c11-10(12)9(13)8-6-4-2-1-3-5-7-8/h8,10H,1-7H2. The highest BCUT2D eigenvalue weighted by Crippen LogP contribution is 2.24. The van der Waals surface area contributed by atoms with Crippen LogP contribution in [0.3, 0.4) is 0 Å². The third kappa shape index (κ3) is 3.41. The van der Waals surface area contributed by atoms with E-state index in [1.807, 2.05) is 0 Å². The molecule has 0 saturated heterocycles. The zero-order chi connectivity index (χ0) is 9.68. The van der Waals surface area contributed by atoms with E-state index in [0.717, 1.165) is 25.7 Å². The van der Waals surface area contributed by atoms with Gasteiger partial charge in [-0.25, -0.2) is 8.78 Å². The average Bonchev–Trinajstić information content (AvgIpc) is 2.02. The predicted octanol–water partition coefficient (Wildman–Crippen LogP) is 3.18. The normalized spacial score (nSPS) is 21.2. The lowest BCUT2D eigenvalue weighted by Crippen LogP contribution is -2.22. The molecule has 0 N–H and O–H groups in total. The molecule has 0 unspecified atom stereocenters. The van der Waals surface area contributed by atoms with Crippen LogP contribution in [0.4, 0.5) is 8.78 Å². The summed E-state index contributed by atoms with van der Waals surface area (Å²) in [5.41, 5.74) is 0. The molecule has 0 aromatic rings. The van der Waals surface area contributed by atoms with Crippen LogP contribution in [0.2, 0.25) is 0 Å². The number of ketones is 1. The first-order valence-corrected chi connectivity index (χ1v) is 5.03. The monoisotopic (exact) mass is 190 g/mol. The quantitative estimate of drug-likeness (QED) is 0.653. The summed E-state index contributed by atoms with van der Waals surface area (Å²) in [6.45, 7) is 0. The molecule has 0 bridgehead atoms. The van der Waals surface area contributed by atoms with E-state index in [9.17, 15) is 13.6 Å². The molecule has 3 heteroatoms. The van der Waals surface area contributed by atoms with Crippen LogP contribution in [-0.2, 0) is 4.79 Å². The lowest BCUT2D eigenvalue weighted by atomic mass is 9.88. The first-order chi connectivity index (χ1) is 6.22. The van der Waals surface area contributed by atoms with E-state index < -0.39 is 12.2 Å². The highest BCUT2D eigenvalue weighted by atomic mass is 19.3. The Kier molecular flexibility index (Phi) is 4.33. The van der Waals surface area contributed by atoms with Gasteiger partial charge in [-0.05, 0) is 12.8 Å². The molecule has 0 spiro atoms. The number of halogens is 2. The Hall–Kier alpha value is -0.470. The summed E-state index contributed by atoms with van der Waals surface area (Å²) < 4.78 is 24.2. The van der Waals surface area contributed by atoms with E-state index in [0.29, 0.717) is 12.8 Å². The summed E-state index contributed by atoms with van der Waals surface area (Å²) in [5.74, 6) is -1.19. The fourth-order valence-corrected chi connectivity index (χ4v) is 1.92. The summed E-state index contributed by atoms with van der Waals surface area (Å²) in [4.78, 5) is 11.0. The molecule has 0 aliphatic heterocycles. The molecule has 0 amide bonds. The maximum Gasteiger partial charge on any atom is 0.296 e. The molecule has 0 radical (unpaired) electrons. The minimum Gasteiger partial charge on any atom is -0.293 e. The molecule has 0 aromatic heterocycles. The maximum absolute atomic E-state index is 12.1. The largest absolute Gasteiger partial charge is 0.296 e. The van der Waals surface area contributed by atoms with E-state index in [1.165, 1.54) is 6.42 Å². The van der Waals surface area contributed by atoms with Gasteiger partial charge in [0.15, 0.2) is 0 Å². The van der Waals surface area contributed by atoms with Crippen LogP contribution in [0.15, 0.2) is 0 Å². The third-order valence-corrected chi connectivity index (χ3v) is 2.72. The number of hydrogen-bond acceptors (Lipinski definition) is 1. The van der Waals surface area contributed by atoms with Crippen molar-refractivity contribution in [2.24, 2.45) is 5.92 Å². The summed E-state index contributed by atoms with van der Waals surface area (Å²) in [6.07, 6.45) is 3.82. The minimum atomic E-state index is -2.76. The van der Waals surface area contributed by atoms with Crippen molar-refractivity contribution in [1.82, 2.24) is 0 Å². The number of carbonyl (C=O) groups is 1. The van der Waals surface area contributed by atoms with Crippen LogP contribution in [0.5, 0.6) is 0 Å². The maximum atomic E-state index is 12.1. The van der Waals surface area contributed by atoms with Gasteiger partial charge in [0.2, 0.25) is 5.78 Å². The summed E-state index contributed by atoms with van der Waals surface area (Å²) >= 11 is 0. The average molecular weight is 190 g/mol. The van der Waals surface area contributed by atoms with Gasteiger partial charge in [-0.3, -0.25) is 4.79 Å². The summed E-state index contributed by atoms with van der Waals surface area (Å²) in [6, 6.07) is 0. The molecule has 0 atom stereocenters. The first-order valence-electron chi connectivity index (χ1n) is 5.03. The van der Waals surface area contributed by atoms with Gasteiger partial charge in [-0.1, -0.05) is 32.1 Å². The second-order valence-corrected chi connectivity index (χ2v) is 3.75. The number of alkyl halides is 2. The van der Waals surface area contributed by atoms with Gasteiger partial charge in [0.25, 0.3) is 6.43 Å². The summed E-state index contributed by atoms with van der Waals surface area (Å²) in [5, 5.41) is 0. The Morgan fingerprint density at radius 1 is 1.00 bits per heavy atom. The predicted molar refractivity (Wildman–Crippen MR) is 46.8 cm³/mol. The molecule has 1 nitrogen and oxygen atoms in total. The Bertz CT molecular complexity index is 160. The molecule has 13 heavy (non-hydrogen) atoms. The molecular weight excluding hydrogens is 174 g/mol. The van der Waals surface area contributed by atoms with Crippen molar-refractivity contribution in [1.29, 1.82) is 0 Å². The van der Waals surface area contributed by atoms with Crippen molar-refractivity contribution in [3.63, 3.8) is 0 Å². The molecule has 0 heterocycles. The van der Waals surface area contributed by atoms with Crippen molar-refractivity contribution in [2.75, 3.05) is 0 Å². The Labute approximate surface area is 77.5 Å². The van der Waals surface area contributed by atoms with Crippen LogP contribution < -0.4 is 0 Å². The van der Waals surface area contributed by atoms with Crippen LogP contribution in [0, 0.1) is 5.92 Å². The van der Waals surface area contributed by atoms with Gasteiger partial charge in [0.05, 0.1) is 0 Å². The van der Waals surface area contributed by atoms with Crippen LogP contribution in [-0.4, -0.2) is 12.2 Å². The van der Waals surface area contributed by atoms with Crippen molar-refractivity contribution < 1.29 is 13.6 Å². The fourth-order valence-electron chi connectivity index (χ4n) is 1.92. The number of rotatable bonds is 2. The fraction of sp³-hybridized carbons (Fsp3) is 0.900. The minimum absolute atomic E-state index is 0.361. The second kappa shape index (κ2) is 5.30. The van der Waals surface area contributed by atoms with Gasteiger partial charge in [0.1, 0.15) is 0 Å². The second-order valence-electron chi connectivity index (χ2n) is 3.75. The summed E-state index contributed by atoms with van der Waals surface area (Å²) in [7, 11) is 0. The third-order valence-electron chi connectivity index (χ3n) is 2.72. The Balaban J connectivity index is 2.41. The molecule has 1 aliphatic carbocycles. The molecule has 1 aliphatic rings. The van der Waals surface area contributed by atoms with Crippen molar-refractivity contribution in [3.8, 4) is 0 Å². The van der Waals surface area contributed by atoms with E-state index in [-0.39, 0.29) is 5.92 Å². The smallest absolute Gasteiger partial charge is 0.293 e. The molecule has 0 aromatic carbocycles. The Morgan fingerprint density at radius 2 is 1.46 bits per heavy atom. The van der Waals surface area contributed by atoms with Crippen LogP contribution in [0.1, 0.15) is 44.9 Å². The zero-order valence-electron chi connectivity index (χ0n) is 7.77. The topological polar surface area (TPSA) is 17.1 Å². The lowest BCUT2D eigenvalue weighted by Gasteiger charge is -2.17. The highest BCUT2D eigenvalue weighted by molar-refractivity contribution is 5.83. The zero-order valence-corrected chi connectivity index (χ0v) is 7.77. The Morgan fingerprint density at radius 3 is 1.92 bits per heavy atom. The van der Waals surface area contributed by atoms with E-state index in [2.05, 4.69) is 0 Å². The number of Topliss-reactive ketones (excluding diaryl/α,β-unsaturated/α-hetero) is 1. The van der Waals surface area contributed by atoms with Gasteiger partial charge < -0.3 is 0 Å². The van der Waals surface area contributed by atoms with Crippen molar-refractivity contribution in [3.05, 3.63) is 0 Å². The van der Waals surface area contributed by atoms with E-state index >= 15 is 0 Å². The van der Waals surface area contributed by atoms with Gasteiger partial charge >= 0.3 is 0 Å². The van der Waals surface area contributed by atoms with Crippen molar-refractivity contribution >= 4 is 5.78 Å². The molecule has 1 fully saturated rings. The molecule has 1 saturated carbocycles. The van der Waals surface area contributed by atoms with Gasteiger partial charge in [-0.2, -0.15) is 0 Å². The van der Waals surface area contributed by atoms with E-state index in [1.54, 1.807) is 0 Å². The van der Waals surface area contributed by atoms with Crippen LogP contribution in [0.25, 0.3) is 0 Å². The molecule has 76 valence electrons. The number of hydrogen-bond donors (Lipinski definition) is 0. The molecular formula is C10H16F2O. The SMILES string of the molecule is O=C(C(F)F)C1CCCCCCC1. The van der Waals surface area contributed by atoms with Gasteiger partial charge in [0, 0.05) is 5.92 Å². The van der Waals surface area contributed by atoms with Gasteiger partial charge in [-0.15, -0.1) is 0 Å². The molecule has 1 rings (SSSR count). The first kappa shape index (κ1) is 10.6. The highest BCUT2D eigenvalue weighted by Gasteiger charge is 2.26. The lowest BCUT2D eigenvalue weighted by molar-refractivity contribution is -0.134. The van der Waals surface area contributed by atoms with E-state index in [4.69, 9.17) is 0 Å². The van der Waals surface area contributed by atoms with Crippen LogP contribution >= 0.6 is 0 Å². The van der Waals surface area contributed by atoms with Crippen molar-refractivity contribution in [2.45, 2.75) is 51.4 Å².